The number of carbonyl (C=O) groups is 1. The highest BCUT2D eigenvalue weighted by molar-refractivity contribution is 14.1. The third-order valence-corrected chi connectivity index (χ3v) is 2.49. The van der Waals surface area contributed by atoms with Crippen LogP contribution in [0.15, 0.2) is 23.5 Å². The number of fused-ring (bicyclic) bond motifs is 1. The van der Waals surface area contributed by atoms with Crippen LogP contribution >= 0.6 is 22.6 Å². The van der Waals surface area contributed by atoms with E-state index < -0.39 is 0 Å². The molecule has 0 atom stereocenters. The molecule has 1 aromatic heterocycles. The van der Waals surface area contributed by atoms with E-state index >= 15 is 0 Å². The van der Waals surface area contributed by atoms with Gasteiger partial charge in [-0.25, -0.2) is 4.99 Å². The minimum atomic E-state index is -0.159. The van der Waals surface area contributed by atoms with Crippen molar-refractivity contribution in [2.75, 3.05) is 0 Å². The van der Waals surface area contributed by atoms with Crippen molar-refractivity contribution in [3.05, 3.63) is 29.0 Å². The van der Waals surface area contributed by atoms with E-state index in [-0.39, 0.29) is 5.91 Å². The summed E-state index contributed by atoms with van der Waals surface area (Å²) in [6.45, 7) is 0. The second-order valence-corrected chi connectivity index (χ2v) is 3.20. The molecule has 0 saturated heterocycles. The van der Waals surface area contributed by atoms with Crippen molar-refractivity contribution >= 4 is 32.1 Å². The smallest absolute Gasteiger partial charge is 0.266 e. The second-order valence-electron chi connectivity index (χ2n) is 2.12. The standard InChI is InChI=1S/C7H3IN2O/c8-6-4-3-9-2-1-5(4)10-7(6)11/h1-3H. The molecule has 0 aromatic carbocycles. The molecule has 4 heteroatoms. The molecule has 1 aromatic rings. The molecule has 3 nitrogen and oxygen atoms in total. The van der Waals surface area contributed by atoms with E-state index in [2.05, 4.69) is 9.98 Å². The van der Waals surface area contributed by atoms with Gasteiger partial charge in [-0.2, -0.15) is 0 Å². The lowest BCUT2D eigenvalue weighted by Gasteiger charge is -1.80. The molecule has 1 aliphatic rings. The van der Waals surface area contributed by atoms with Crippen LogP contribution in [0.5, 0.6) is 0 Å². The van der Waals surface area contributed by atoms with Crippen molar-refractivity contribution in [2.45, 2.75) is 0 Å². The minimum Gasteiger partial charge on any atom is -0.266 e. The normalized spacial score (nSPS) is 14.6. The predicted molar refractivity (Wildman–Crippen MR) is 47.5 cm³/mol. The second kappa shape index (κ2) is 2.37. The van der Waals surface area contributed by atoms with Crippen molar-refractivity contribution in [1.82, 2.24) is 4.98 Å². The fraction of sp³-hybridized carbons (Fsp3) is 0. The average molecular weight is 258 g/mol. The molecule has 0 spiro atoms. The zero-order valence-corrected chi connectivity index (χ0v) is 7.57. The molecule has 2 rings (SSSR count). The lowest BCUT2D eigenvalue weighted by Crippen LogP contribution is -2.21. The van der Waals surface area contributed by atoms with Crippen molar-refractivity contribution in [3.8, 4) is 0 Å². The molecule has 2 heterocycles. The van der Waals surface area contributed by atoms with Gasteiger partial charge in [0.25, 0.3) is 5.91 Å². The Bertz CT molecular complexity index is 438. The van der Waals surface area contributed by atoms with Crippen LogP contribution in [0.25, 0.3) is 3.58 Å². The maximum absolute atomic E-state index is 11.0. The van der Waals surface area contributed by atoms with Crippen LogP contribution in [0.2, 0.25) is 0 Å². The van der Waals surface area contributed by atoms with Crippen LogP contribution in [0.4, 0.5) is 0 Å². The Hall–Kier alpha value is -0.780. The zero-order chi connectivity index (χ0) is 7.84. The molecule has 54 valence electrons. The number of carbonyl (C=O) groups excluding carboxylic acids is 1. The summed E-state index contributed by atoms with van der Waals surface area (Å²) < 4.78 is 0.658. The van der Waals surface area contributed by atoms with E-state index in [0.717, 1.165) is 10.6 Å². The number of aromatic nitrogens is 1. The van der Waals surface area contributed by atoms with Gasteiger partial charge in [0.15, 0.2) is 0 Å². The molecule has 11 heavy (non-hydrogen) atoms. The van der Waals surface area contributed by atoms with Gasteiger partial charge in [-0.3, -0.25) is 9.78 Å². The first-order valence-corrected chi connectivity index (χ1v) is 4.10. The van der Waals surface area contributed by atoms with Crippen LogP contribution < -0.4 is 10.6 Å². The van der Waals surface area contributed by atoms with E-state index in [1.807, 2.05) is 22.6 Å². The molecular formula is C7H3IN2O. The Kier molecular flexibility index (Phi) is 1.49. The number of amides is 1. The fourth-order valence-corrected chi connectivity index (χ4v) is 1.46. The van der Waals surface area contributed by atoms with Crippen molar-refractivity contribution in [1.29, 1.82) is 0 Å². The lowest BCUT2D eigenvalue weighted by molar-refractivity contribution is -0.112. The molecule has 0 bridgehead atoms. The number of hydrogen-bond acceptors (Lipinski definition) is 2. The number of pyridine rings is 1. The summed E-state index contributed by atoms with van der Waals surface area (Å²) >= 11 is 1.98. The quantitative estimate of drug-likeness (QED) is 0.604. The monoisotopic (exact) mass is 258 g/mol. The molecule has 0 unspecified atom stereocenters. The molecule has 0 saturated carbocycles. The first-order valence-electron chi connectivity index (χ1n) is 3.02. The van der Waals surface area contributed by atoms with Gasteiger partial charge in [-0.15, -0.1) is 0 Å². The van der Waals surface area contributed by atoms with Gasteiger partial charge in [0.1, 0.15) is 0 Å². The Morgan fingerprint density at radius 1 is 1.45 bits per heavy atom. The molecule has 1 amide bonds. The third kappa shape index (κ3) is 0.973. The summed E-state index contributed by atoms with van der Waals surface area (Å²) in [5.41, 5.74) is 0. The van der Waals surface area contributed by atoms with Crippen LogP contribution in [-0.4, -0.2) is 10.9 Å². The van der Waals surface area contributed by atoms with E-state index in [1.54, 1.807) is 18.5 Å². The molecule has 0 radical (unpaired) electrons. The Morgan fingerprint density at radius 2 is 2.27 bits per heavy atom. The van der Waals surface area contributed by atoms with E-state index in [0.29, 0.717) is 3.58 Å². The van der Waals surface area contributed by atoms with Gasteiger partial charge < -0.3 is 0 Å². The van der Waals surface area contributed by atoms with Crippen molar-refractivity contribution in [2.24, 2.45) is 4.99 Å². The van der Waals surface area contributed by atoms with Gasteiger partial charge in [-0.05, 0) is 28.7 Å². The molecule has 1 aliphatic heterocycles. The lowest BCUT2D eigenvalue weighted by atomic mass is 10.4. The Balaban J connectivity index is 3.00. The molecule has 0 aliphatic carbocycles. The third-order valence-electron chi connectivity index (χ3n) is 1.44. The summed E-state index contributed by atoms with van der Waals surface area (Å²) in [6.07, 6.45) is 3.29. The highest BCUT2D eigenvalue weighted by atomic mass is 127. The summed E-state index contributed by atoms with van der Waals surface area (Å²) in [4.78, 5) is 18.7. The molecule has 0 fully saturated rings. The zero-order valence-electron chi connectivity index (χ0n) is 5.41. The van der Waals surface area contributed by atoms with Gasteiger partial charge in [0, 0.05) is 17.6 Å². The van der Waals surface area contributed by atoms with Crippen LogP contribution in [0, 0.1) is 0 Å². The SMILES string of the molecule is O=C1N=c2ccncc2=C1I. The fourth-order valence-electron chi connectivity index (χ4n) is 0.927. The Labute approximate surface area is 76.0 Å². The van der Waals surface area contributed by atoms with Crippen molar-refractivity contribution in [3.63, 3.8) is 0 Å². The van der Waals surface area contributed by atoms with Crippen molar-refractivity contribution < 1.29 is 4.79 Å². The van der Waals surface area contributed by atoms with Gasteiger partial charge in [0.2, 0.25) is 0 Å². The minimum absolute atomic E-state index is 0.159. The van der Waals surface area contributed by atoms with Gasteiger partial charge in [0.05, 0.1) is 8.94 Å². The highest BCUT2D eigenvalue weighted by Gasteiger charge is 2.11. The maximum Gasteiger partial charge on any atom is 0.284 e. The molecule has 0 N–H and O–H groups in total. The largest absolute Gasteiger partial charge is 0.284 e. The van der Waals surface area contributed by atoms with E-state index in [9.17, 15) is 4.79 Å². The number of hydrogen-bond donors (Lipinski definition) is 0. The number of nitrogens with zero attached hydrogens (tertiary/aromatic N) is 2. The number of halogens is 1. The summed E-state index contributed by atoms with van der Waals surface area (Å²) in [5, 5.41) is 1.58. The summed E-state index contributed by atoms with van der Waals surface area (Å²) in [6, 6.07) is 1.74. The van der Waals surface area contributed by atoms with E-state index in [1.165, 1.54) is 0 Å². The van der Waals surface area contributed by atoms with Crippen LogP contribution in [0.1, 0.15) is 0 Å². The summed E-state index contributed by atoms with van der Waals surface area (Å²) in [5.74, 6) is -0.159. The van der Waals surface area contributed by atoms with Crippen LogP contribution in [0.3, 0.4) is 0 Å². The maximum atomic E-state index is 11.0. The first-order chi connectivity index (χ1) is 5.29. The van der Waals surface area contributed by atoms with Crippen LogP contribution in [-0.2, 0) is 4.79 Å². The Morgan fingerprint density at radius 3 is 3.00 bits per heavy atom. The topological polar surface area (TPSA) is 42.3 Å². The predicted octanol–water partition coefficient (Wildman–Crippen LogP) is -0.215. The van der Waals surface area contributed by atoms with E-state index in [4.69, 9.17) is 0 Å². The van der Waals surface area contributed by atoms with Gasteiger partial charge >= 0.3 is 0 Å². The average Bonchev–Trinajstić information content (AvgIpc) is 2.30. The summed E-state index contributed by atoms with van der Waals surface area (Å²) in [7, 11) is 0. The van der Waals surface area contributed by atoms with Gasteiger partial charge in [-0.1, -0.05) is 0 Å². The number of rotatable bonds is 0. The first kappa shape index (κ1) is 6.90. The highest BCUT2D eigenvalue weighted by Crippen LogP contribution is 2.07. The molecular weight excluding hydrogens is 255 g/mol.